The van der Waals surface area contributed by atoms with Crippen LogP contribution in [0.4, 0.5) is 0 Å². The van der Waals surface area contributed by atoms with Gasteiger partial charge in [0, 0.05) is 13.2 Å². The summed E-state index contributed by atoms with van der Waals surface area (Å²) in [6, 6.07) is 0. The summed E-state index contributed by atoms with van der Waals surface area (Å²) in [6.45, 7) is 8.38. The maximum atomic E-state index is 11.8. The number of esters is 2. The highest BCUT2D eigenvalue weighted by atomic mass is 16.6. The van der Waals surface area contributed by atoms with Crippen molar-refractivity contribution in [1.29, 1.82) is 0 Å². The first-order valence-corrected chi connectivity index (χ1v) is 8.13. The molecule has 130 valence electrons. The Hall–Kier alpha value is -1.14. The molecule has 6 heteroatoms. The molecule has 0 amide bonds. The van der Waals surface area contributed by atoms with Gasteiger partial charge in [0.15, 0.2) is 0 Å². The average Bonchev–Trinajstić information content (AvgIpc) is 2.52. The second-order valence-corrected chi connectivity index (χ2v) is 4.92. The van der Waals surface area contributed by atoms with Crippen molar-refractivity contribution in [1.82, 2.24) is 0 Å². The van der Waals surface area contributed by atoms with Gasteiger partial charge < -0.3 is 18.9 Å². The van der Waals surface area contributed by atoms with E-state index in [-0.39, 0.29) is 25.6 Å². The lowest BCUT2D eigenvalue weighted by Crippen LogP contribution is -2.23. The van der Waals surface area contributed by atoms with Crippen molar-refractivity contribution < 1.29 is 28.5 Å². The van der Waals surface area contributed by atoms with Crippen LogP contribution in [0.15, 0.2) is 0 Å². The fraction of sp³-hybridized carbons (Fsp3) is 0.875. The van der Waals surface area contributed by atoms with Crippen LogP contribution in [0.2, 0.25) is 0 Å². The highest BCUT2D eigenvalue weighted by Gasteiger charge is 2.22. The molecule has 0 radical (unpaired) electrons. The van der Waals surface area contributed by atoms with E-state index >= 15 is 0 Å². The molecule has 1 atom stereocenters. The van der Waals surface area contributed by atoms with Gasteiger partial charge in [-0.15, -0.1) is 0 Å². The van der Waals surface area contributed by atoms with E-state index in [1.165, 1.54) is 0 Å². The Kier molecular flexibility index (Phi) is 14.0. The predicted octanol–water partition coefficient (Wildman–Crippen LogP) is 2.34. The minimum Gasteiger partial charge on any atom is -0.463 e. The average molecular weight is 318 g/mol. The summed E-state index contributed by atoms with van der Waals surface area (Å²) in [7, 11) is 0. The van der Waals surface area contributed by atoms with Gasteiger partial charge in [0.05, 0.1) is 25.6 Å². The Morgan fingerprint density at radius 3 is 1.82 bits per heavy atom. The second kappa shape index (κ2) is 14.8. The molecule has 0 fully saturated rings. The first-order chi connectivity index (χ1) is 10.7. The van der Waals surface area contributed by atoms with Crippen LogP contribution in [0.3, 0.4) is 0 Å². The van der Waals surface area contributed by atoms with Crippen molar-refractivity contribution >= 4 is 11.9 Å². The molecule has 0 aliphatic heterocycles. The van der Waals surface area contributed by atoms with E-state index in [9.17, 15) is 9.59 Å². The molecule has 0 aromatic carbocycles. The zero-order valence-electron chi connectivity index (χ0n) is 14.1. The number of ether oxygens (including phenoxy) is 4. The molecule has 0 saturated heterocycles. The lowest BCUT2D eigenvalue weighted by molar-refractivity contribution is -0.156. The van der Waals surface area contributed by atoms with Gasteiger partial charge in [-0.05, 0) is 19.3 Å². The van der Waals surface area contributed by atoms with Gasteiger partial charge in [0.1, 0.15) is 13.2 Å². The summed E-state index contributed by atoms with van der Waals surface area (Å²) >= 11 is 0. The molecule has 0 bridgehead atoms. The third kappa shape index (κ3) is 11.5. The molecule has 0 heterocycles. The quantitative estimate of drug-likeness (QED) is 0.362. The van der Waals surface area contributed by atoms with E-state index in [4.69, 9.17) is 18.9 Å². The smallest absolute Gasteiger partial charge is 0.309 e. The SMILES string of the molecule is CCCOCCOC(=O)CC(CC)C(=O)OCCOCCC. The molecular formula is C16H30O6. The van der Waals surface area contributed by atoms with Gasteiger partial charge in [-0.3, -0.25) is 9.59 Å². The Bertz CT molecular complexity index is 292. The summed E-state index contributed by atoms with van der Waals surface area (Å²) in [5.74, 6) is -1.23. The van der Waals surface area contributed by atoms with Crippen molar-refractivity contribution in [3.8, 4) is 0 Å². The maximum absolute atomic E-state index is 11.8. The van der Waals surface area contributed by atoms with Crippen LogP contribution in [0, 0.1) is 5.92 Å². The summed E-state index contributed by atoms with van der Waals surface area (Å²) in [6.07, 6.45) is 2.44. The van der Waals surface area contributed by atoms with Crippen molar-refractivity contribution in [2.75, 3.05) is 39.6 Å². The van der Waals surface area contributed by atoms with Crippen molar-refractivity contribution in [2.24, 2.45) is 5.92 Å². The third-order valence-corrected chi connectivity index (χ3v) is 2.90. The molecular weight excluding hydrogens is 288 g/mol. The minimum atomic E-state index is -0.463. The molecule has 0 aromatic rings. The molecule has 0 rings (SSSR count). The van der Waals surface area contributed by atoms with Crippen LogP contribution in [0.1, 0.15) is 46.5 Å². The van der Waals surface area contributed by atoms with E-state index in [0.717, 1.165) is 12.8 Å². The van der Waals surface area contributed by atoms with Crippen LogP contribution in [0.5, 0.6) is 0 Å². The lowest BCUT2D eigenvalue weighted by atomic mass is 10.0. The third-order valence-electron chi connectivity index (χ3n) is 2.90. The number of hydrogen-bond donors (Lipinski definition) is 0. The molecule has 6 nitrogen and oxygen atoms in total. The van der Waals surface area contributed by atoms with E-state index in [1.807, 2.05) is 20.8 Å². The fourth-order valence-corrected chi connectivity index (χ4v) is 1.68. The topological polar surface area (TPSA) is 71.1 Å². The molecule has 0 N–H and O–H groups in total. The summed E-state index contributed by atoms with van der Waals surface area (Å²) in [5.41, 5.74) is 0. The highest BCUT2D eigenvalue weighted by Crippen LogP contribution is 2.11. The number of carbonyl (C=O) groups excluding carboxylic acids is 2. The Balaban J connectivity index is 3.82. The molecule has 0 aromatic heterocycles. The van der Waals surface area contributed by atoms with Gasteiger partial charge >= 0.3 is 11.9 Å². The largest absolute Gasteiger partial charge is 0.463 e. The van der Waals surface area contributed by atoms with Gasteiger partial charge in [-0.1, -0.05) is 20.8 Å². The molecule has 0 saturated carbocycles. The fourth-order valence-electron chi connectivity index (χ4n) is 1.68. The van der Waals surface area contributed by atoms with Crippen LogP contribution < -0.4 is 0 Å². The Morgan fingerprint density at radius 1 is 0.773 bits per heavy atom. The Morgan fingerprint density at radius 2 is 1.32 bits per heavy atom. The van der Waals surface area contributed by atoms with E-state index in [0.29, 0.717) is 32.8 Å². The summed E-state index contributed by atoms with van der Waals surface area (Å²) < 4.78 is 20.6. The number of carbonyl (C=O) groups is 2. The van der Waals surface area contributed by atoms with E-state index in [1.54, 1.807) is 0 Å². The lowest BCUT2D eigenvalue weighted by Gasteiger charge is -2.14. The molecule has 22 heavy (non-hydrogen) atoms. The standard InChI is InChI=1S/C16H30O6/c1-4-7-19-9-11-21-15(17)13-14(6-3)16(18)22-12-10-20-8-5-2/h14H,4-13H2,1-3H3. The highest BCUT2D eigenvalue weighted by molar-refractivity contribution is 5.79. The normalized spacial score (nSPS) is 12.0. The molecule has 1 unspecified atom stereocenters. The van der Waals surface area contributed by atoms with Gasteiger partial charge in [0.25, 0.3) is 0 Å². The second-order valence-electron chi connectivity index (χ2n) is 4.92. The predicted molar refractivity (Wildman–Crippen MR) is 82.5 cm³/mol. The van der Waals surface area contributed by atoms with E-state index in [2.05, 4.69) is 0 Å². The van der Waals surface area contributed by atoms with Crippen molar-refractivity contribution in [3.05, 3.63) is 0 Å². The number of hydrogen-bond acceptors (Lipinski definition) is 6. The maximum Gasteiger partial charge on any atom is 0.309 e. The van der Waals surface area contributed by atoms with Crippen LogP contribution >= 0.6 is 0 Å². The minimum absolute atomic E-state index is 0.0406. The van der Waals surface area contributed by atoms with Gasteiger partial charge in [0.2, 0.25) is 0 Å². The van der Waals surface area contributed by atoms with Crippen molar-refractivity contribution in [3.63, 3.8) is 0 Å². The summed E-state index contributed by atoms with van der Waals surface area (Å²) in [4.78, 5) is 23.5. The first-order valence-electron chi connectivity index (χ1n) is 8.13. The zero-order chi connectivity index (χ0) is 16.6. The monoisotopic (exact) mass is 318 g/mol. The Labute approximate surface area is 133 Å². The molecule has 0 spiro atoms. The van der Waals surface area contributed by atoms with Crippen LogP contribution in [-0.4, -0.2) is 51.6 Å². The van der Waals surface area contributed by atoms with E-state index < -0.39 is 11.9 Å². The number of rotatable bonds is 14. The first kappa shape index (κ1) is 20.9. The summed E-state index contributed by atoms with van der Waals surface area (Å²) in [5, 5.41) is 0. The van der Waals surface area contributed by atoms with Crippen LogP contribution in [0.25, 0.3) is 0 Å². The van der Waals surface area contributed by atoms with Gasteiger partial charge in [-0.2, -0.15) is 0 Å². The zero-order valence-corrected chi connectivity index (χ0v) is 14.1. The van der Waals surface area contributed by atoms with Gasteiger partial charge in [-0.25, -0.2) is 0 Å². The van der Waals surface area contributed by atoms with Crippen molar-refractivity contribution in [2.45, 2.75) is 46.5 Å². The molecule has 0 aliphatic carbocycles. The molecule has 0 aliphatic rings. The van der Waals surface area contributed by atoms with Crippen LogP contribution in [-0.2, 0) is 28.5 Å².